The Kier molecular flexibility index (Phi) is 5.97. The maximum atomic E-state index is 13.0. The highest BCUT2D eigenvalue weighted by molar-refractivity contribution is 6.30. The number of rotatable bonds is 6. The van der Waals surface area contributed by atoms with Crippen LogP contribution in [0.1, 0.15) is 42.2 Å². The number of carbonyl (C=O) groups excluding carboxylic acids is 3. The number of ether oxygens (including phenoxy) is 1. The van der Waals surface area contributed by atoms with Gasteiger partial charge in [0, 0.05) is 29.7 Å². The van der Waals surface area contributed by atoms with Crippen LogP contribution >= 0.6 is 11.6 Å². The summed E-state index contributed by atoms with van der Waals surface area (Å²) in [5.74, 6) is -0.204. The summed E-state index contributed by atoms with van der Waals surface area (Å²) in [7, 11) is 3.26. The molecule has 3 aromatic rings. The predicted molar refractivity (Wildman–Crippen MR) is 121 cm³/mol. The highest BCUT2D eigenvalue weighted by Crippen LogP contribution is 2.26. The summed E-state index contributed by atoms with van der Waals surface area (Å²) in [5, 5.41) is 0.560. The van der Waals surface area contributed by atoms with Crippen LogP contribution in [0.3, 0.4) is 0 Å². The van der Waals surface area contributed by atoms with Crippen molar-refractivity contribution in [1.82, 2.24) is 9.80 Å². The van der Waals surface area contributed by atoms with Crippen LogP contribution in [-0.2, 0) is 13.1 Å². The van der Waals surface area contributed by atoms with Crippen molar-refractivity contribution in [3.8, 4) is 5.75 Å². The quantitative estimate of drug-likeness (QED) is 0.524. The van der Waals surface area contributed by atoms with E-state index < -0.39 is 0 Å². The van der Waals surface area contributed by atoms with Gasteiger partial charge in [-0.15, -0.1) is 0 Å². The van der Waals surface area contributed by atoms with Crippen LogP contribution in [0.15, 0.2) is 66.7 Å². The number of carbonyl (C=O) groups is 3. The molecule has 0 fully saturated rings. The van der Waals surface area contributed by atoms with Crippen LogP contribution in [0.4, 0.5) is 0 Å². The molecule has 0 N–H and O–H groups in total. The number of imide groups is 1. The largest absolute Gasteiger partial charge is 0.496 e. The first-order valence-electron chi connectivity index (χ1n) is 10.0. The van der Waals surface area contributed by atoms with Gasteiger partial charge in [0.25, 0.3) is 17.7 Å². The lowest BCUT2D eigenvalue weighted by molar-refractivity contribution is 0.0642. The van der Waals surface area contributed by atoms with Crippen LogP contribution < -0.4 is 4.74 Å². The second-order valence-corrected chi connectivity index (χ2v) is 8.00. The first kappa shape index (κ1) is 21.6. The zero-order valence-electron chi connectivity index (χ0n) is 17.7. The third-order valence-corrected chi connectivity index (χ3v) is 5.62. The molecule has 1 aliphatic rings. The zero-order chi connectivity index (χ0) is 22.8. The predicted octanol–water partition coefficient (Wildman–Crippen LogP) is 4.42. The fraction of sp³-hybridized carbons (Fsp3) is 0.160. The Morgan fingerprint density at radius 3 is 2.31 bits per heavy atom. The summed E-state index contributed by atoms with van der Waals surface area (Å²) >= 11 is 6.09. The standard InChI is InChI=1S/C25H21ClN2O4/c1-27(15-18-13-19(26)10-11-22(18)32-2)23(29)17-7-5-6-16(12-17)14-28-24(30)20-8-3-4-9-21(20)25(28)31/h3-13H,14-15H2,1-2H3. The number of hydrogen-bond acceptors (Lipinski definition) is 4. The highest BCUT2D eigenvalue weighted by Gasteiger charge is 2.35. The fourth-order valence-corrected chi connectivity index (χ4v) is 3.98. The van der Waals surface area contributed by atoms with E-state index in [1.54, 1.807) is 85.8 Å². The zero-order valence-corrected chi connectivity index (χ0v) is 18.4. The SMILES string of the molecule is COc1ccc(Cl)cc1CN(C)C(=O)c1cccc(CN2C(=O)c3ccccc3C2=O)c1. The van der Waals surface area contributed by atoms with Gasteiger partial charge in [-0.3, -0.25) is 19.3 Å². The van der Waals surface area contributed by atoms with E-state index in [0.29, 0.717) is 39.6 Å². The smallest absolute Gasteiger partial charge is 0.261 e. The number of nitrogens with zero attached hydrogens (tertiary/aromatic N) is 2. The van der Waals surface area contributed by atoms with Gasteiger partial charge in [-0.25, -0.2) is 0 Å². The third kappa shape index (κ3) is 4.09. The first-order valence-corrected chi connectivity index (χ1v) is 10.4. The second kappa shape index (κ2) is 8.85. The molecule has 162 valence electrons. The van der Waals surface area contributed by atoms with E-state index in [-0.39, 0.29) is 24.3 Å². The first-order chi connectivity index (χ1) is 15.4. The molecule has 7 heteroatoms. The average molecular weight is 449 g/mol. The Labute approximate surface area is 191 Å². The number of fused-ring (bicyclic) bond motifs is 1. The summed E-state index contributed by atoms with van der Waals surface area (Å²) in [6, 6.07) is 19.0. The van der Waals surface area contributed by atoms with Gasteiger partial charge >= 0.3 is 0 Å². The highest BCUT2D eigenvalue weighted by atomic mass is 35.5. The lowest BCUT2D eigenvalue weighted by atomic mass is 10.1. The molecule has 0 atom stereocenters. The summed E-state index contributed by atoms with van der Waals surface area (Å²) in [6.45, 7) is 0.407. The minimum atomic E-state index is -0.326. The van der Waals surface area contributed by atoms with Crippen LogP contribution in [0.25, 0.3) is 0 Å². The maximum Gasteiger partial charge on any atom is 0.261 e. The molecule has 1 heterocycles. The van der Waals surface area contributed by atoms with Crippen molar-refractivity contribution < 1.29 is 19.1 Å². The Bertz CT molecular complexity index is 1190. The fourth-order valence-electron chi connectivity index (χ4n) is 3.79. The monoisotopic (exact) mass is 448 g/mol. The third-order valence-electron chi connectivity index (χ3n) is 5.39. The topological polar surface area (TPSA) is 66.9 Å². The van der Waals surface area contributed by atoms with Crippen LogP contribution in [0, 0.1) is 0 Å². The number of benzene rings is 3. The molecule has 0 aromatic heterocycles. The van der Waals surface area contributed by atoms with Gasteiger partial charge in [0.1, 0.15) is 5.75 Å². The van der Waals surface area contributed by atoms with Crippen molar-refractivity contribution in [2.45, 2.75) is 13.1 Å². The van der Waals surface area contributed by atoms with E-state index in [9.17, 15) is 14.4 Å². The Balaban J connectivity index is 1.51. The van der Waals surface area contributed by atoms with Crippen molar-refractivity contribution >= 4 is 29.3 Å². The summed E-state index contributed by atoms with van der Waals surface area (Å²) in [6.07, 6.45) is 0. The Morgan fingerprint density at radius 1 is 0.969 bits per heavy atom. The molecule has 3 amide bonds. The van der Waals surface area contributed by atoms with E-state index in [2.05, 4.69) is 0 Å². The van der Waals surface area contributed by atoms with E-state index in [0.717, 1.165) is 5.56 Å². The summed E-state index contributed by atoms with van der Waals surface area (Å²) < 4.78 is 5.36. The molecule has 0 radical (unpaired) electrons. The van der Waals surface area contributed by atoms with Crippen LogP contribution in [0.2, 0.25) is 5.02 Å². The number of amides is 3. The molecule has 4 rings (SSSR count). The minimum absolute atomic E-state index is 0.0965. The molecule has 0 unspecified atom stereocenters. The molecule has 0 aliphatic carbocycles. The molecular weight excluding hydrogens is 428 g/mol. The molecule has 3 aromatic carbocycles. The minimum Gasteiger partial charge on any atom is -0.496 e. The van der Waals surface area contributed by atoms with Crippen LogP contribution in [-0.4, -0.2) is 41.7 Å². The molecule has 6 nitrogen and oxygen atoms in total. The Hall–Kier alpha value is -3.64. The van der Waals surface area contributed by atoms with E-state index in [4.69, 9.17) is 16.3 Å². The van der Waals surface area contributed by atoms with E-state index in [1.807, 2.05) is 0 Å². The van der Waals surface area contributed by atoms with E-state index >= 15 is 0 Å². The molecule has 0 saturated carbocycles. The van der Waals surface area contributed by atoms with Crippen molar-refractivity contribution in [1.29, 1.82) is 0 Å². The molecular formula is C25H21ClN2O4. The average Bonchev–Trinajstić information content (AvgIpc) is 3.04. The molecule has 1 aliphatic heterocycles. The van der Waals surface area contributed by atoms with Gasteiger partial charge < -0.3 is 9.64 Å². The van der Waals surface area contributed by atoms with Gasteiger partial charge in [-0.05, 0) is 48.0 Å². The van der Waals surface area contributed by atoms with Gasteiger partial charge in [-0.1, -0.05) is 35.9 Å². The lowest BCUT2D eigenvalue weighted by Gasteiger charge is -2.20. The molecule has 32 heavy (non-hydrogen) atoms. The van der Waals surface area contributed by atoms with Crippen molar-refractivity contribution in [2.24, 2.45) is 0 Å². The maximum absolute atomic E-state index is 13.0. The van der Waals surface area contributed by atoms with Gasteiger partial charge in [0.05, 0.1) is 24.8 Å². The number of methoxy groups -OCH3 is 1. The van der Waals surface area contributed by atoms with Gasteiger partial charge in [0.2, 0.25) is 0 Å². The van der Waals surface area contributed by atoms with Crippen molar-refractivity contribution in [2.75, 3.05) is 14.2 Å². The van der Waals surface area contributed by atoms with Crippen molar-refractivity contribution in [3.63, 3.8) is 0 Å². The van der Waals surface area contributed by atoms with Crippen LogP contribution in [0.5, 0.6) is 5.75 Å². The Morgan fingerprint density at radius 2 is 1.66 bits per heavy atom. The summed E-state index contributed by atoms with van der Waals surface area (Å²) in [4.78, 5) is 41.1. The second-order valence-electron chi connectivity index (χ2n) is 7.56. The molecule has 0 spiro atoms. The normalized spacial score (nSPS) is 12.7. The number of halogens is 1. The van der Waals surface area contributed by atoms with E-state index in [1.165, 1.54) is 4.90 Å². The molecule has 0 bridgehead atoms. The summed E-state index contributed by atoms with van der Waals surface area (Å²) in [5.41, 5.74) is 2.75. The van der Waals surface area contributed by atoms with Gasteiger partial charge in [0.15, 0.2) is 0 Å². The van der Waals surface area contributed by atoms with Crippen molar-refractivity contribution in [3.05, 3.63) is 99.6 Å². The molecule has 0 saturated heterocycles. The lowest BCUT2D eigenvalue weighted by Crippen LogP contribution is -2.29. The van der Waals surface area contributed by atoms with Gasteiger partial charge in [-0.2, -0.15) is 0 Å². The number of hydrogen-bond donors (Lipinski definition) is 0.